The number of nitrogens with two attached hydrogens (primary N) is 1. The van der Waals surface area contributed by atoms with E-state index in [2.05, 4.69) is 16.0 Å². The highest BCUT2D eigenvalue weighted by atomic mass is 16.2. The van der Waals surface area contributed by atoms with Crippen LogP contribution in [0, 0.1) is 11.8 Å². The third kappa shape index (κ3) is 10.7. The van der Waals surface area contributed by atoms with Gasteiger partial charge in [0.25, 0.3) is 0 Å². The molecule has 150 valence electrons. The van der Waals surface area contributed by atoms with Crippen molar-refractivity contribution in [2.45, 2.75) is 72.4 Å². The van der Waals surface area contributed by atoms with Crippen molar-refractivity contribution < 1.29 is 19.2 Å². The highest BCUT2D eigenvalue weighted by Gasteiger charge is 2.27. The van der Waals surface area contributed by atoms with Crippen molar-refractivity contribution in [2.75, 3.05) is 6.54 Å². The summed E-state index contributed by atoms with van der Waals surface area (Å²) in [5.74, 6) is -0.421. The number of carbonyl (C=O) groups excluding carboxylic acids is 4. The zero-order valence-corrected chi connectivity index (χ0v) is 16.6. The molecule has 0 aromatic heterocycles. The van der Waals surface area contributed by atoms with E-state index in [0.717, 1.165) is 6.42 Å². The molecule has 0 saturated carbocycles. The Morgan fingerprint density at radius 2 is 1.58 bits per heavy atom. The fourth-order valence-corrected chi connectivity index (χ4v) is 2.36. The number of Topliss-reactive ketones (excluding diaryl/α,β-unsaturated/α-hetero) is 1. The number of nitrogens with one attached hydrogen (secondary N) is 3. The molecule has 5 N–H and O–H groups in total. The molecule has 0 rings (SSSR count). The van der Waals surface area contributed by atoms with Crippen LogP contribution >= 0.6 is 0 Å². The normalized spacial score (nSPS) is 13.2. The third-order valence-electron chi connectivity index (χ3n) is 3.99. The van der Waals surface area contributed by atoms with E-state index in [1.54, 1.807) is 0 Å². The minimum atomic E-state index is -0.694. The van der Waals surface area contributed by atoms with Crippen molar-refractivity contribution in [1.82, 2.24) is 16.0 Å². The first-order valence-electron chi connectivity index (χ1n) is 9.18. The maximum Gasteiger partial charge on any atom is 0.312 e. The number of hydrogen-bond acceptors (Lipinski definition) is 4. The average Bonchev–Trinajstić information content (AvgIpc) is 2.52. The molecule has 0 saturated heterocycles. The van der Waals surface area contributed by atoms with E-state index in [9.17, 15) is 19.2 Å². The lowest BCUT2D eigenvalue weighted by Crippen LogP contribution is -2.53. The van der Waals surface area contributed by atoms with Crippen LogP contribution in [0.25, 0.3) is 0 Å². The molecule has 0 fully saturated rings. The summed E-state index contributed by atoms with van der Waals surface area (Å²) in [5.41, 5.74) is 4.99. The average molecular weight is 370 g/mol. The molecule has 4 amide bonds. The van der Waals surface area contributed by atoms with E-state index in [-0.39, 0.29) is 23.5 Å². The van der Waals surface area contributed by atoms with Crippen LogP contribution in [0.3, 0.4) is 0 Å². The maximum absolute atomic E-state index is 12.5. The second-order valence-electron chi connectivity index (χ2n) is 7.33. The number of primary amides is 1. The van der Waals surface area contributed by atoms with Gasteiger partial charge in [-0.25, -0.2) is 4.79 Å². The molecule has 0 radical (unpaired) electrons. The predicted octanol–water partition coefficient (Wildman–Crippen LogP) is 1.09. The fraction of sp³-hybridized carbons (Fsp3) is 0.778. The third-order valence-corrected chi connectivity index (χ3v) is 3.99. The van der Waals surface area contributed by atoms with Gasteiger partial charge in [0.15, 0.2) is 5.78 Å². The molecule has 0 aliphatic heterocycles. The lowest BCUT2D eigenvalue weighted by Gasteiger charge is -2.25. The van der Waals surface area contributed by atoms with E-state index in [4.69, 9.17) is 5.73 Å². The first-order valence-corrected chi connectivity index (χ1v) is 9.18. The molecule has 0 aromatic rings. The van der Waals surface area contributed by atoms with Crippen molar-refractivity contribution in [3.8, 4) is 0 Å². The van der Waals surface area contributed by atoms with E-state index in [1.165, 1.54) is 6.92 Å². The van der Waals surface area contributed by atoms with E-state index in [0.29, 0.717) is 31.7 Å². The van der Waals surface area contributed by atoms with Crippen LogP contribution in [-0.2, 0) is 14.4 Å². The van der Waals surface area contributed by atoms with E-state index in [1.807, 2.05) is 27.7 Å². The Morgan fingerprint density at radius 1 is 0.962 bits per heavy atom. The molecule has 1 unspecified atom stereocenters. The van der Waals surface area contributed by atoms with E-state index >= 15 is 0 Å². The first-order chi connectivity index (χ1) is 12.0. The van der Waals surface area contributed by atoms with Crippen molar-refractivity contribution in [2.24, 2.45) is 17.6 Å². The molecule has 0 spiro atoms. The number of amides is 4. The minimum absolute atomic E-state index is 0.109. The summed E-state index contributed by atoms with van der Waals surface area (Å²) in [6.07, 6.45) is 2.00. The SMILES string of the molecule is CC(=O)[C@H](CCCNC(N)=O)NC(=O)C(NC(=O)CCC(C)C)C(C)C. The summed E-state index contributed by atoms with van der Waals surface area (Å²) in [7, 11) is 0. The Hall–Kier alpha value is -2.12. The molecular weight excluding hydrogens is 336 g/mol. The quantitative estimate of drug-likeness (QED) is 0.383. The molecule has 26 heavy (non-hydrogen) atoms. The van der Waals surface area contributed by atoms with Gasteiger partial charge in [0.2, 0.25) is 11.8 Å². The summed E-state index contributed by atoms with van der Waals surface area (Å²) in [4.78, 5) is 47.0. The van der Waals surface area contributed by atoms with Crippen LogP contribution < -0.4 is 21.7 Å². The summed E-state index contributed by atoms with van der Waals surface area (Å²) >= 11 is 0. The molecule has 2 atom stereocenters. The predicted molar refractivity (Wildman–Crippen MR) is 100 cm³/mol. The highest BCUT2D eigenvalue weighted by Crippen LogP contribution is 2.08. The van der Waals surface area contributed by atoms with Gasteiger partial charge in [-0.05, 0) is 38.0 Å². The fourth-order valence-electron chi connectivity index (χ4n) is 2.36. The van der Waals surface area contributed by atoms with Crippen molar-refractivity contribution in [3.63, 3.8) is 0 Å². The zero-order chi connectivity index (χ0) is 20.3. The number of ketones is 1. The molecule has 0 bridgehead atoms. The van der Waals surface area contributed by atoms with Crippen LogP contribution in [0.4, 0.5) is 4.79 Å². The highest BCUT2D eigenvalue weighted by molar-refractivity contribution is 5.92. The van der Waals surface area contributed by atoms with Crippen LogP contribution in [0.5, 0.6) is 0 Å². The lowest BCUT2D eigenvalue weighted by molar-refractivity contribution is -0.132. The minimum Gasteiger partial charge on any atom is -0.352 e. The van der Waals surface area contributed by atoms with Crippen molar-refractivity contribution in [1.29, 1.82) is 0 Å². The topological polar surface area (TPSA) is 130 Å². The summed E-state index contributed by atoms with van der Waals surface area (Å²) in [5, 5.41) is 7.91. The number of hydrogen-bond donors (Lipinski definition) is 4. The first kappa shape index (κ1) is 23.9. The molecule has 0 aromatic carbocycles. The smallest absolute Gasteiger partial charge is 0.312 e. The van der Waals surface area contributed by atoms with Gasteiger partial charge >= 0.3 is 6.03 Å². The van der Waals surface area contributed by atoms with Gasteiger partial charge in [-0.15, -0.1) is 0 Å². The Bertz CT molecular complexity index is 492. The zero-order valence-electron chi connectivity index (χ0n) is 16.6. The standard InChI is InChI=1S/C18H34N4O4/c1-11(2)8-9-15(24)22-16(12(3)4)17(25)21-14(13(5)23)7-6-10-20-18(19)26/h11-12,14,16H,6-10H2,1-5H3,(H,21,25)(H,22,24)(H3,19,20,26)/t14-,16?/m0/s1. The second-order valence-corrected chi connectivity index (χ2v) is 7.33. The van der Waals surface area contributed by atoms with Crippen LogP contribution in [0.2, 0.25) is 0 Å². The summed E-state index contributed by atoms with van der Waals surface area (Å²) in [6.45, 7) is 9.47. The van der Waals surface area contributed by atoms with Crippen molar-refractivity contribution in [3.05, 3.63) is 0 Å². The Labute approximate surface area is 156 Å². The van der Waals surface area contributed by atoms with E-state index < -0.39 is 18.1 Å². The van der Waals surface area contributed by atoms with Gasteiger partial charge in [0.05, 0.1) is 6.04 Å². The largest absolute Gasteiger partial charge is 0.352 e. The summed E-state index contributed by atoms with van der Waals surface area (Å²) < 4.78 is 0. The van der Waals surface area contributed by atoms with Gasteiger partial charge in [-0.2, -0.15) is 0 Å². The van der Waals surface area contributed by atoms with Crippen LogP contribution in [-0.4, -0.2) is 42.3 Å². The Balaban J connectivity index is 4.69. The van der Waals surface area contributed by atoms with Gasteiger partial charge in [0, 0.05) is 13.0 Å². The van der Waals surface area contributed by atoms with Crippen LogP contribution in [0.15, 0.2) is 0 Å². The molecular formula is C18H34N4O4. The number of carbonyl (C=O) groups is 4. The Morgan fingerprint density at radius 3 is 2.04 bits per heavy atom. The van der Waals surface area contributed by atoms with Gasteiger partial charge in [-0.1, -0.05) is 27.7 Å². The second kappa shape index (κ2) is 12.3. The van der Waals surface area contributed by atoms with Gasteiger partial charge in [-0.3, -0.25) is 14.4 Å². The number of rotatable bonds is 12. The van der Waals surface area contributed by atoms with Crippen molar-refractivity contribution >= 4 is 23.6 Å². The monoisotopic (exact) mass is 370 g/mol. The van der Waals surface area contributed by atoms with Gasteiger partial charge < -0.3 is 21.7 Å². The molecule has 0 aliphatic rings. The molecule has 0 heterocycles. The molecule has 8 nitrogen and oxygen atoms in total. The molecule has 8 heteroatoms. The Kier molecular flexibility index (Phi) is 11.3. The molecule has 0 aliphatic carbocycles. The lowest BCUT2D eigenvalue weighted by atomic mass is 10.0. The summed E-state index contributed by atoms with van der Waals surface area (Å²) in [6, 6.07) is -1.98. The number of urea groups is 1. The van der Waals surface area contributed by atoms with Gasteiger partial charge in [0.1, 0.15) is 6.04 Å². The van der Waals surface area contributed by atoms with Crippen LogP contribution in [0.1, 0.15) is 60.3 Å². The maximum atomic E-state index is 12.5.